The molecule has 0 atom stereocenters. The highest BCUT2D eigenvalue weighted by Crippen LogP contribution is 2.31. The van der Waals surface area contributed by atoms with Gasteiger partial charge in [0.25, 0.3) is 0 Å². The maximum Gasteiger partial charge on any atom is 0.416 e. The van der Waals surface area contributed by atoms with Gasteiger partial charge in [0.15, 0.2) is 0 Å². The van der Waals surface area contributed by atoms with Crippen molar-refractivity contribution < 1.29 is 23.1 Å². The van der Waals surface area contributed by atoms with Crippen LogP contribution < -0.4 is 5.32 Å². The number of rotatable bonds is 3. The van der Waals surface area contributed by atoms with Gasteiger partial charge in [-0.3, -0.25) is 4.79 Å². The molecule has 0 aliphatic heterocycles. The fourth-order valence-electron chi connectivity index (χ4n) is 1.21. The number of hydrogen-bond donors (Lipinski definition) is 2. The summed E-state index contributed by atoms with van der Waals surface area (Å²) in [4.78, 5) is 10.3. The minimum absolute atomic E-state index is 0.327. The second-order valence-corrected chi connectivity index (χ2v) is 3.27. The van der Waals surface area contributed by atoms with Crippen molar-refractivity contribution in [1.82, 2.24) is 0 Å². The Hall–Kier alpha value is -1.72. The highest BCUT2D eigenvalue weighted by atomic mass is 19.4. The SMILES string of the molecule is Cc1cc(C(F)(F)F)ccc1NCC(=O)O. The lowest BCUT2D eigenvalue weighted by Crippen LogP contribution is -2.13. The first kappa shape index (κ1) is 12.4. The van der Waals surface area contributed by atoms with Crippen LogP contribution in [-0.4, -0.2) is 17.6 Å². The number of carbonyl (C=O) groups is 1. The van der Waals surface area contributed by atoms with Crippen LogP contribution >= 0.6 is 0 Å². The van der Waals surface area contributed by atoms with Gasteiger partial charge in [0, 0.05) is 5.69 Å². The molecule has 0 bridgehead atoms. The molecule has 0 radical (unpaired) electrons. The third-order valence-corrected chi connectivity index (χ3v) is 1.98. The number of benzene rings is 1. The number of aryl methyl sites for hydroxylation is 1. The van der Waals surface area contributed by atoms with Crippen molar-refractivity contribution in [1.29, 1.82) is 0 Å². The summed E-state index contributed by atoms with van der Waals surface area (Å²) in [7, 11) is 0. The number of anilines is 1. The molecule has 0 spiro atoms. The van der Waals surface area contributed by atoms with Crippen molar-refractivity contribution in [3.63, 3.8) is 0 Å². The fraction of sp³-hybridized carbons (Fsp3) is 0.300. The smallest absolute Gasteiger partial charge is 0.416 e. The van der Waals surface area contributed by atoms with Gasteiger partial charge in [-0.2, -0.15) is 13.2 Å². The molecule has 0 aromatic heterocycles. The van der Waals surface area contributed by atoms with Crippen LogP contribution in [0.2, 0.25) is 0 Å². The van der Waals surface area contributed by atoms with Crippen LogP contribution in [0.15, 0.2) is 18.2 Å². The summed E-state index contributed by atoms with van der Waals surface area (Å²) in [6.07, 6.45) is -4.38. The number of hydrogen-bond acceptors (Lipinski definition) is 2. The Bertz CT molecular complexity index is 402. The van der Waals surface area contributed by atoms with Crippen LogP contribution in [0, 0.1) is 6.92 Å². The quantitative estimate of drug-likeness (QED) is 0.843. The molecule has 6 heteroatoms. The first-order valence-electron chi connectivity index (χ1n) is 4.44. The number of nitrogens with one attached hydrogen (secondary N) is 1. The van der Waals surface area contributed by atoms with Gasteiger partial charge < -0.3 is 10.4 Å². The van der Waals surface area contributed by atoms with E-state index in [2.05, 4.69) is 5.32 Å². The summed E-state index contributed by atoms with van der Waals surface area (Å²) in [5, 5.41) is 10.9. The zero-order valence-electron chi connectivity index (χ0n) is 8.43. The van der Waals surface area contributed by atoms with E-state index in [0.717, 1.165) is 12.1 Å². The van der Waals surface area contributed by atoms with Gasteiger partial charge in [0.05, 0.1) is 5.56 Å². The molecule has 0 saturated heterocycles. The lowest BCUT2D eigenvalue weighted by atomic mass is 10.1. The van der Waals surface area contributed by atoms with E-state index >= 15 is 0 Å². The van der Waals surface area contributed by atoms with E-state index < -0.39 is 17.7 Å². The highest BCUT2D eigenvalue weighted by molar-refractivity contribution is 5.73. The molecule has 0 heterocycles. The van der Waals surface area contributed by atoms with E-state index in [4.69, 9.17) is 5.11 Å². The Morgan fingerprint density at radius 3 is 2.50 bits per heavy atom. The van der Waals surface area contributed by atoms with E-state index in [1.54, 1.807) is 0 Å². The van der Waals surface area contributed by atoms with Crippen LogP contribution in [-0.2, 0) is 11.0 Å². The zero-order chi connectivity index (χ0) is 12.3. The van der Waals surface area contributed by atoms with Crippen LogP contribution in [0.1, 0.15) is 11.1 Å². The number of alkyl halides is 3. The highest BCUT2D eigenvalue weighted by Gasteiger charge is 2.30. The van der Waals surface area contributed by atoms with Crippen molar-refractivity contribution in [3.05, 3.63) is 29.3 Å². The minimum atomic E-state index is -4.38. The van der Waals surface area contributed by atoms with Crippen LogP contribution in [0.4, 0.5) is 18.9 Å². The van der Waals surface area contributed by atoms with E-state index in [0.29, 0.717) is 11.3 Å². The molecule has 88 valence electrons. The summed E-state index contributed by atoms with van der Waals surface area (Å²) in [6, 6.07) is 3.11. The minimum Gasteiger partial charge on any atom is -0.480 e. The van der Waals surface area contributed by atoms with Crippen LogP contribution in [0.3, 0.4) is 0 Å². The summed E-state index contributed by atoms with van der Waals surface area (Å²) >= 11 is 0. The average Bonchev–Trinajstić information content (AvgIpc) is 2.14. The molecule has 0 amide bonds. The third kappa shape index (κ3) is 3.15. The molecule has 0 aliphatic carbocycles. The van der Waals surface area contributed by atoms with Crippen molar-refractivity contribution >= 4 is 11.7 Å². The Morgan fingerprint density at radius 2 is 2.06 bits per heavy atom. The first-order valence-corrected chi connectivity index (χ1v) is 4.44. The second-order valence-electron chi connectivity index (χ2n) is 3.27. The lowest BCUT2D eigenvalue weighted by Gasteiger charge is -2.11. The molecule has 3 nitrogen and oxygen atoms in total. The summed E-state index contributed by atoms with van der Waals surface area (Å²) in [6.45, 7) is 1.16. The molecule has 1 rings (SSSR count). The van der Waals surface area contributed by atoms with Crippen molar-refractivity contribution in [2.75, 3.05) is 11.9 Å². The first-order chi connectivity index (χ1) is 7.30. The molecule has 0 fully saturated rings. The second kappa shape index (κ2) is 4.42. The molecular weight excluding hydrogens is 223 g/mol. The monoisotopic (exact) mass is 233 g/mol. The Labute approximate surface area is 89.9 Å². The maximum atomic E-state index is 12.3. The molecule has 0 saturated carbocycles. The average molecular weight is 233 g/mol. The lowest BCUT2D eigenvalue weighted by molar-refractivity contribution is -0.138. The molecule has 1 aromatic carbocycles. The van der Waals surface area contributed by atoms with Gasteiger partial charge in [-0.25, -0.2) is 0 Å². The molecule has 2 N–H and O–H groups in total. The third-order valence-electron chi connectivity index (χ3n) is 1.98. The van der Waals surface area contributed by atoms with Gasteiger partial charge in [0.1, 0.15) is 6.54 Å². The summed E-state index contributed by atoms with van der Waals surface area (Å²) < 4.78 is 36.9. The van der Waals surface area contributed by atoms with E-state index in [9.17, 15) is 18.0 Å². The number of carboxylic acid groups (broad SMARTS) is 1. The van der Waals surface area contributed by atoms with Crippen molar-refractivity contribution in [2.45, 2.75) is 13.1 Å². The number of carboxylic acids is 1. The van der Waals surface area contributed by atoms with E-state index in [1.165, 1.54) is 13.0 Å². The fourth-order valence-corrected chi connectivity index (χ4v) is 1.21. The Morgan fingerprint density at radius 1 is 1.44 bits per heavy atom. The van der Waals surface area contributed by atoms with Crippen LogP contribution in [0.25, 0.3) is 0 Å². The normalized spacial score (nSPS) is 11.2. The molecule has 0 unspecified atom stereocenters. The van der Waals surface area contributed by atoms with Gasteiger partial charge >= 0.3 is 12.1 Å². The van der Waals surface area contributed by atoms with Gasteiger partial charge in [0.2, 0.25) is 0 Å². The van der Waals surface area contributed by atoms with Crippen molar-refractivity contribution in [3.8, 4) is 0 Å². The standard InChI is InChI=1S/C10H10F3NO2/c1-6-4-7(10(11,12)13)2-3-8(6)14-5-9(15)16/h2-4,14H,5H2,1H3,(H,15,16). The van der Waals surface area contributed by atoms with E-state index in [1.807, 2.05) is 0 Å². The van der Waals surface area contributed by atoms with Crippen molar-refractivity contribution in [2.24, 2.45) is 0 Å². The summed E-state index contributed by atoms with van der Waals surface area (Å²) in [5.74, 6) is -1.07. The van der Waals surface area contributed by atoms with Gasteiger partial charge in [-0.15, -0.1) is 0 Å². The molecule has 1 aromatic rings. The number of aliphatic carboxylic acids is 1. The number of halogens is 3. The predicted molar refractivity (Wildman–Crippen MR) is 52.3 cm³/mol. The summed E-state index contributed by atoms with van der Waals surface area (Å²) in [5.41, 5.74) is -0.00245. The topological polar surface area (TPSA) is 49.3 Å². The predicted octanol–water partition coefficient (Wildman–Crippen LogP) is 2.51. The Kier molecular flexibility index (Phi) is 3.41. The van der Waals surface area contributed by atoms with E-state index in [-0.39, 0.29) is 6.54 Å². The molecular formula is C10H10F3NO2. The van der Waals surface area contributed by atoms with Crippen LogP contribution in [0.5, 0.6) is 0 Å². The molecule has 16 heavy (non-hydrogen) atoms. The van der Waals surface area contributed by atoms with Gasteiger partial charge in [-0.1, -0.05) is 0 Å². The maximum absolute atomic E-state index is 12.3. The Balaban J connectivity index is 2.88. The zero-order valence-corrected chi connectivity index (χ0v) is 8.43. The molecule has 0 aliphatic rings. The van der Waals surface area contributed by atoms with Gasteiger partial charge in [-0.05, 0) is 30.7 Å². The largest absolute Gasteiger partial charge is 0.480 e.